The third kappa shape index (κ3) is 3.80. The summed E-state index contributed by atoms with van der Waals surface area (Å²) in [5.41, 5.74) is 3.17. The van der Waals surface area contributed by atoms with Crippen molar-refractivity contribution in [3.8, 4) is 0 Å². The van der Waals surface area contributed by atoms with Gasteiger partial charge in [-0.15, -0.1) is 0 Å². The van der Waals surface area contributed by atoms with E-state index >= 15 is 0 Å². The van der Waals surface area contributed by atoms with Crippen molar-refractivity contribution in [1.29, 1.82) is 0 Å². The minimum Gasteiger partial charge on any atom is -0.307 e. The molecule has 1 aliphatic rings. The summed E-state index contributed by atoms with van der Waals surface area (Å²) in [5.74, 6) is -0.132. The van der Waals surface area contributed by atoms with Crippen molar-refractivity contribution in [3.63, 3.8) is 0 Å². The Morgan fingerprint density at radius 3 is 2.50 bits per heavy atom. The molecule has 1 heterocycles. The minimum atomic E-state index is -0.132. The molecule has 120 valence electrons. The van der Waals surface area contributed by atoms with Gasteiger partial charge in [0.25, 0.3) is 5.91 Å². The van der Waals surface area contributed by atoms with E-state index in [2.05, 4.69) is 30.1 Å². The summed E-state index contributed by atoms with van der Waals surface area (Å²) in [5, 5.41) is 2.65. The third-order valence-corrected chi connectivity index (χ3v) is 5.74. The molecule has 5 heteroatoms. The maximum Gasteiger partial charge on any atom is 0.263 e. The van der Waals surface area contributed by atoms with Crippen molar-refractivity contribution >= 4 is 57.6 Å². The zero-order chi connectivity index (χ0) is 17.1. The van der Waals surface area contributed by atoms with E-state index in [0.29, 0.717) is 9.23 Å². The van der Waals surface area contributed by atoms with Gasteiger partial charge in [0.2, 0.25) is 0 Å². The number of hydrogen-bond acceptors (Lipinski definition) is 4. The van der Waals surface area contributed by atoms with Crippen LogP contribution < -0.4 is 5.32 Å². The van der Waals surface area contributed by atoms with Crippen molar-refractivity contribution < 1.29 is 4.79 Å². The number of thiocarbonyl (C=S) groups is 1. The van der Waals surface area contributed by atoms with Crippen molar-refractivity contribution in [2.75, 3.05) is 0 Å². The van der Waals surface area contributed by atoms with Crippen LogP contribution >= 0.6 is 35.7 Å². The maximum absolute atomic E-state index is 11.9. The highest BCUT2D eigenvalue weighted by atomic mass is 32.2. The van der Waals surface area contributed by atoms with Gasteiger partial charge in [-0.2, -0.15) is 0 Å². The highest BCUT2D eigenvalue weighted by Gasteiger charge is 2.22. The first kappa shape index (κ1) is 17.0. The van der Waals surface area contributed by atoms with Gasteiger partial charge in [-0.1, -0.05) is 78.7 Å². The molecule has 3 rings (SSSR count). The third-order valence-electron chi connectivity index (χ3n) is 3.41. The van der Waals surface area contributed by atoms with Gasteiger partial charge in [-0.25, -0.2) is 0 Å². The van der Waals surface area contributed by atoms with Gasteiger partial charge in [-0.05, 0) is 41.8 Å². The quantitative estimate of drug-likeness (QED) is 0.580. The fraction of sp³-hybridized carbons (Fsp3) is 0.0526. The van der Waals surface area contributed by atoms with Gasteiger partial charge in [0.15, 0.2) is 0 Å². The van der Waals surface area contributed by atoms with E-state index in [1.165, 1.54) is 11.8 Å². The molecular formula is C19H15NOS3. The lowest BCUT2D eigenvalue weighted by Crippen LogP contribution is -2.17. The molecule has 0 bridgehead atoms. The predicted octanol–water partition coefficient (Wildman–Crippen LogP) is 5.36. The molecule has 0 aliphatic carbocycles. The molecule has 0 spiro atoms. The van der Waals surface area contributed by atoms with Gasteiger partial charge in [-0.3, -0.25) is 4.79 Å². The van der Waals surface area contributed by atoms with Gasteiger partial charge in [0, 0.05) is 9.79 Å². The lowest BCUT2D eigenvalue weighted by atomic mass is 10.1. The molecule has 1 aliphatic heterocycles. The molecular weight excluding hydrogens is 354 g/mol. The van der Waals surface area contributed by atoms with E-state index in [-0.39, 0.29) is 5.91 Å². The van der Waals surface area contributed by atoms with Crippen LogP contribution in [0.25, 0.3) is 11.6 Å². The second kappa shape index (κ2) is 7.38. The first-order valence-electron chi connectivity index (χ1n) is 7.31. The molecule has 2 nitrogen and oxygen atoms in total. The number of nitrogens with one attached hydrogen (secondary N) is 1. The highest BCUT2D eigenvalue weighted by Crippen LogP contribution is 2.36. The van der Waals surface area contributed by atoms with E-state index in [1.54, 1.807) is 11.8 Å². The van der Waals surface area contributed by atoms with Gasteiger partial charge >= 0.3 is 0 Å². The van der Waals surface area contributed by atoms with Crippen LogP contribution in [-0.2, 0) is 4.79 Å². The van der Waals surface area contributed by atoms with E-state index in [1.807, 2.05) is 43.3 Å². The summed E-state index contributed by atoms with van der Waals surface area (Å²) in [4.78, 5) is 14.8. The number of carbonyl (C=O) groups is 1. The Hall–Kier alpha value is -1.82. The van der Waals surface area contributed by atoms with Crippen LogP contribution in [0.5, 0.6) is 0 Å². The monoisotopic (exact) mass is 369 g/mol. The molecule has 0 saturated carbocycles. The van der Waals surface area contributed by atoms with E-state index in [9.17, 15) is 4.79 Å². The second-order valence-electron chi connectivity index (χ2n) is 5.27. The Bertz CT molecular complexity index is 870. The molecule has 0 atom stereocenters. The van der Waals surface area contributed by atoms with Crippen LogP contribution in [0.2, 0.25) is 0 Å². The Labute approximate surface area is 155 Å². The fourth-order valence-corrected chi connectivity index (χ4v) is 4.44. The van der Waals surface area contributed by atoms with Gasteiger partial charge in [0.05, 0.1) is 4.91 Å². The molecule has 1 N–H and O–H groups in total. The molecule has 0 unspecified atom stereocenters. The van der Waals surface area contributed by atoms with Gasteiger partial charge < -0.3 is 5.32 Å². The fourth-order valence-electron chi connectivity index (χ4n) is 2.28. The van der Waals surface area contributed by atoms with Crippen LogP contribution in [-0.4, -0.2) is 10.2 Å². The topological polar surface area (TPSA) is 29.1 Å². The maximum atomic E-state index is 11.9. The lowest BCUT2D eigenvalue weighted by molar-refractivity contribution is -0.115. The number of amides is 1. The summed E-state index contributed by atoms with van der Waals surface area (Å²) >= 11 is 8.02. The number of thioether (sulfide) groups is 1. The minimum absolute atomic E-state index is 0.132. The van der Waals surface area contributed by atoms with E-state index in [4.69, 9.17) is 12.2 Å². The molecule has 1 saturated heterocycles. The number of carbonyl (C=O) groups excluding carboxylic acids is 1. The first-order valence-corrected chi connectivity index (χ1v) is 9.35. The van der Waals surface area contributed by atoms with E-state index < -0.39 is 0 Å². The largest absolute Gasteiger partial charge is 0.307 e. The number of benzene rings is 2. The molecule has 1 amide bonds. The molecule has 0 aromatic heterocycles. The van der Waals surface area contributed by atoms with Crippen molar-refractivity contribution in [2.24, 2.45) is 0 Å². The summed E-state index contributed by atoms with van der Waals surface area (Å²) in [7, 11) is 0. The van der Waals surface area contributed by atoms with Gasteiger partial charge in [0.1, 0.15) is 4.32 Å². The first-order chi connectivity index (χ1) is 11.5. The van der Waals surface area contributed by atoms with Crippen molar-refractivity contribution in [1.82, 2.24) is 5.32 Å². The lowest BCUT2D eigenvalue weighted by Gasteiger charge is -2.11. The molecule has 24 heavy (non-hydrogen) atoms. The van der Waals surface area contributed by atoms with Crippen LogP contribution in [0.4, 0.5) is 0 Å². The Kier molecular flexibility index (Phi) is 5.23. The Balaban J connectivity index is 1.97. The van der Waals surface area contributed by atoms with Crippen molar-refractivity contribution in [3.05, 3.63) is 71.1 Å². The van der Waals surface area contributed by atoms with E-state index in [0.717, 1.165) is 26.5 Å². The predicted molar refractivity (Wildman–Crippen MR) is 108 cm³/mol. The highest BCUT2D eigenvalue weighted by molar-refractivity contribution is 8.26. The average molecular weight is 370 g/mol. The zero-order valence-corrected chi connectivity index (χ0v) is 15.5. The molecule has 0 radical (unpaired) electrons. The summed E-state index contributed by atoms with van der Waals surface area (Å²) in [6.45, 7) is 6.06. The normalized spacial score (nSPS) is 15.6. The zero-order valence-electron chi connectivity index (χ0n) is 13.0. The van der Waals surface area contributed by atoms with Crippen LogP contribution in [0.15, 0.2) is 69.8 Å². The number of hydrogen-bond donors (Lipinski definition) is 1. The number of rotatable bonds is 4. The Morgan fingerprint density at radius 1 is 1.17 bits per heavy atom. The summed E-state index contributed by atoms with van der Waals surface area (Å²) in [6.07, 6.45) is 1.89. The standard InChI is InChI=1S/C19H15NOS3/c1-12(2)14-8-4-6-10-16(14)23-15-9-5-3-7-13(15)11-17-18(21)20-19(22)24-17/h3-11H,1H2,2H3,(H,20,21,22). The SMILES string of the molecule is C=C(C)c1ccccc1Sc1ccccc1C=C1SC(=S)NC1=O. The van der Waals surface area contributed by atoms with Crippen LogP contribution in [0, 0.1) is 0 Å². The van der Waals surface area contributed by atoms with Crippen LogP contribution in [0.3, 0.4) is 0 Å². The van der Waals surface area contributed by atoms with Crippen molar-refractivity contribution in [2.45, 2.75) is 16.7 Å². The molecule has 1 fully saturated rings. The summed E-state index contributed by atoms with van der Waals surface area (Å²) in [6, 6.07) is 16.2. The molecule has 2 aromatic rings. The average Bonchev–Trinajstić information content (AvgIpc) is 2.87. The summed E-state index contributed by atoms with van der Waals surface area (Å²) < 4.78 is 0.504. The molecule has 2 aromatic carbocycles. The second-order valence-corrected chi connectivity index (χ2v) is 8.07. The van der Waals surface area contributed by atoms with Crippen LogP contribution in [0.1, 0.15) is 18.1 Å². The smallest absolute Gasteiger partial charge is 0.263 e. The Morgan fingerprint density at radius 2 is 1.83 bits per heavy atom. The number of allylic oxidation sites excluding steroid dienone is 1.